The number of esters is 2. The van der Waals surface area contributed by atoms with E-state index in [1.807, 2.05) is 0 Å². The molecular weight excluding hydrogens is 236 g/mol. The molecule has 1 aliphatic carbocycles. The van der Waals surface area contributed by atoms with Gasteiger partial charge in [0.25, 0.3) is 0 Å². The molecule has 0 bridgehead atoms. The first-order chi connectivity index (χ1) is 8.53. The first-order valence-electron chi connectivity index (χ1n) is 6.09. The number of ether oxygens (including phenoxy) is 2. The maximum atomic E-state index is 12.0. The van der Waals surface area contributed by atoms with Crippen LogP contribution in [0.5, 0.6) is 0 Å². The fraction of sp³-hybridized carbons (Fsp3) is 0.615. The van der Waals surface area contributed by atoms with E-state index < -0.39 is 17.5 Å². The largest absolute Gasteiger partial charge is 0.466 e. The summed E-state index contributed by atoms with van der Waals surface area (Å²) in [6.07, 6.45) is 3.51. The van der Waals surface area contributed by atoms with Crippen molar-refractivity contribution in [2.24, 2.45) is 0 Å². The molecule has 0 spiro atoms. The number of carbonyl (C=O) groups excluding carboxylic acids is 3. The minimum atomic E-state index is -1.34. The van der Waals surface area contributed by atoms with Crippen molar-refractivity contribution >= 4 is 17.7 Å². The molecular formula is C13H16O5. The molecule has 1 fully saturated rings. The Morgan fingerprint density at radius 2 is 2.00 bits per heavy atom. The lowest BCUT2D eigenvalue weighted by Crippen LogP contribution is -2.41. The quantitative estimate of drug-likeness (QED) is 0.547. The van der Waals surface area contributed by atoms with E-state index in [9.17, 15) is 14.4 Å². The Kier molecular flexibility index (Phi) is 3.24. The highest BCUT2D eigenvalue weighted by Gasteiger charge is 2.55. The standard InChI is InChI=1S/C13H16O5/c1-8(14)10-9-6-4-3-5-7-13(9,12(16)17-2)18-11(10)15/h3-7H2,1-2H3. The number of ketones is 1. The van der Waals surface area contributed by atoms with Crippen molar-refractivity contribution in [1.82, 2.24) is 0 Å². The normalized spacial score (nSPS) is 27.3. The van der Waals surface area contributed by atoms with Gasteiger partial charge in [-0.25, -0.2) is 9.59 Å². The number of Topliss-reactive ketones (excluding diaryl/α,β-unsaturated/α-hetero) is 1. The Balaban J connectivity index is 2.56. The van der Waals surface area contributed by atoms with Gasteiger partial charge in [-0.2, -0.15) is 0 Å². The van der Waals surface area contributed by atoms with E-state index >= 15 is 0 Å². The summed E-state index contributed by atoms with van der Waals surface area (Å²) in [5.41, 5.74) is -0.782. The predicted octanol–water partition coefficient (Wildman–Crippen LogP) is 1.30. The van der Waals surface area contributed by atoms with Crippen LogP contribution in [0, 0.1) is 0 Å². The van der Waals surface area contributed by atoms with Crippen LogP contribution in [0.2, 0.25) is 0 Å². The molecule has 98 valence electrons. The second-order valence-corrected chi connectivity index (χ2v) is 4.68. The van der Waals surface area contributed by atoms with E-state index in [0.717, 1.165) is 19.3 Å². The van der Waals surface area contributed by atoms with E-state index in [1.54, 1.807) is 0 Å². The number of hydrogen-bond donors (Lipinski definition) is 0. The molecule has 1 aliphatic heterocycles. The van der Waals surface area contributed by atoms with Crippen LogP contribution >= 0.6 is 0 Å². The number of rotatable bonds is 2. The molecule has 0 amide bonds. The number of fused-ring (bicyclic) bond motifs is 1. The molecule has 18 heavy (non-hydrogen) atoms. The van der Waals surface area contributed by atoms with Crippen molar-refractivity contribution < 1.29 is 23.9 Å². The summed E-state index contributed by atoms with van der Waals surface area (Å²) in [5.74, 6) is -1.61. The van der Waals surface area contributed by atoms with Gasteiger partial charge in [-0.05, 0) is 26.2 Å². The van der Waals surface area contributed by atoms with E-state index in [0.29, 0.717) is 18.4 Å². The van der Waals surface area contributed by atoms with Crippen LogP contribution in [-0.2, 0) is 23.9 Å². The van der Waals surface area contributed by atoms with Gasteiger partial charge >= 0.3 is 11.9 Å². The minimum absolute atomic E-state index is 0.0438. The molecule has 1 atom stereocenters. The first kappa shape index (κ1) is 12.8. The molecule has 5 heteroatoms. The third-order valence-corrected chi connectivity index (χ3v) is 3.58. The van der Waals surface area contributed by atoms with Crippen LogP contribution in [0.3, 0.4) is 0 Å². The molecule has 0 saturated heterocycles. The van der Waals surface area contributed by atoms with Crippen molar-refractivity contribution in [3.8, 4) is 0 Å². The summed E-state index contributed by atoms with van der Waals surface area (Å²) < 4.78 is 10.0. The number of carbonyl (C=O) groups is 3. The lowest BCUT2D eigenvalue weighted by Gasteiger charge is -2.26. The molecule has 1 unspecified atom stereocenters. The Morgan fingerprint density at radius 3 is 2.61 bits per heavy atom. The molecule has 0 aromatic carbocycles. The predicted molar refractivity (Wildman–Crippen MR) is 61.6 cm³/mol. The summed E-state index contributed by atoms with van der Waals surface area (Å²) >= 11 is 0. The maximum Gasteiger partial charge on any atom is 0.354 e. The molecule has 2 aliphatic rings. The van der Waals surface area contributed by atoms with Crippen molar-refractivity contribution in [1.29, 1.82) is 0 Å². The molecule has 0 radical (unpaired) electrons. The van der Waals surface area contributed by atoms with Crippen molar-refractivity contribution in [2.45, 2.75) is 44.6 Å². The third-order valence-electron chi connectivity index (χ3n) is 3.58. The van der Waals surface area contributed by atoms with Gasteiger partial charge < -0.3 is 9.47 Å². The smallest absolute Gasteiger partial charge is 0.354 e. The van der Waals surface area contributed by atoms with Gasteiger partial charge in [0.15, 0.2) is 5.78 Å². The van der Waals surface area contributed by atoms with Crippen molar-refractivity contribution in [3.63, 3.8) is 0 Å². The maximum absolute atomic E-state index is 12.0. The monoisotopic (exact) mass is 252 g/mol. The topological polar surface area (TPSA) is 69.7 Å². The zero-order valence-corrected chi connectivity index (χ0v) is 10.6. The molecule has 5 nitrogen and oxygen atoms in total. The Morgan fingerprint density at radius 1 is 1.28 bits per heavy atom. The zero-order valence-electron chi connectivity index (χ0n) is 10.6. The van der Waals surface area contributed by atoms with Gasteiger partial charge in [0.05, 0.1) is 7.11 Å². The summed E-state index contributed by atoms with van der Waals surface area (Å²) in [4.78, 5) is 35.4. The van der Waals surface area contributed by atoms with Gasteiger partial charge in [0.2, 0.25) is 5.60 Å². The summed E-state index contributed by atoms with van der Waals surface area (Å²) in [5, 5.41) is 0. The fourth-order valence-electron chi connectivity index (χ4n) is 2.77. The summed E-state index contributed by atoms with van der Waals surface area (Å²) in [6, 6.07) is 0. The van der Waals surface area contributed by atoms with Crippen molar-refractivity contribution in [2.75, 3.05) is 7.11 Å². The fourth-order valence-corrected chi connectivity index (χ4v) is 2.77. The van der Waals surface area contributed by atoms with E-state index in [4.69, 9.17) is 9.47 Å². The van der Waals surface area contributed by atoms with Crippen LogP contribution < -0.4 is 0 Å². The lowest BCUT2D eigenvalue weighted by atomic mass is 9.86. The van der Waals surface area contributed by atoms with E-state index in [-0.39, 0.29) is 11.4 Å². The molecule has 2 rings (SSSR count). The molecule has 0 aromatic rings. The molecule has 0 aromatic heterocycles. The Hall–Kier alpha value is -1.65. The van der Waals surface area contributed by atoms with E-state index in [2.05, 4.69) is 0 Å². The van der Waals surface area contributed by atoms with Gasteiger partial charge in [-0.3, -0.25) is 4.79 Å². The summed E-state index contributed by atoms with van der Waals surface area (Å²) in [6.45, 7) is 1.32. The molecule has 0 N–H and O–H groups in total. The van der Waals surface area contributed by atoms with Crippen LogP contribution in [-0.4, -0.2) is 30.4 Å². The molecule has 1 saturated carbocycles. The van der Waals surface area contributed by atoms with E-state index in [1.165, 1.54) is 14.0 Å². The number of hydrogen-bond acceptors (Lipinski definition) is 5. The van der Waals surface area contributed by atoms with Crippen LogP contribution in [0.1, 0.15) is 39.0 Å². The van der Waals surface area contributed by atoms with Gasteiger partial charge in [-0.15, -0.1) is 0 Å². The lowest BCUT2D eigenvalue weighted by molar-refractivity contribution is -0.171. The highest BCUT2D eigenvalue weighted by atomic mass is 16.6. The highest BCUT2D eigenvalue weighted by Crippen LogP contribution is 2.43. The average molecular weight is 252 g/mol. The minimum Gasteiger partial charge on any atom is -0.466 e. The first-order valence-corrected chi connectivity index (χ1v) is 6.09. The summed E-state index contributed by atoms with van der Waals surface area (Å²) in [7, 11) is 1.26. The van der Waals surface area contributed by atoms with Crippen LogP contribution in [0.25, 0.3) is 0 Å². The van der Waals surface area contributed by atoms with Crippen molar-refractivity contribution in [3.05, 3.63) is 11.1 Å². The third kappa shape index (κ3) is 1.74. The zero-order chi connectivity index (χ0) is 13.3. The highest BCUT2D eigenvalue weighted by molar-refractivity contribution is 6.20. The van der Waals surface area contributed by atoms with Crippen LogP contribution in [0.4, 0.5) is 0 Å². The Bertz CT molecular complexity index is 448. The van der Waals surface area contributed by atoms with Gasteiger partial charge in [0.1, 0.15) is 5.57 Å². The second-order valence-electron chi connectivity index (χ2n) is 4.68. The van der Waals surface area contributed by atoms with Crippen LogP contribution in [0.15, 0.2) is 11.1 Å². The molecule has 1 heterocycles. The SMILES string of the molecule is COC(=O)C12CCCCCC1=C(C(C)=O)C(=O)O2. The second kappa shape index (κ2) is 4.55. The van der Waals surface area contributed by atoms with Gasteiger partial charge in [-0.1, -0.05) is 6.42 Å². The van der Waals surface area contributed by atoms with Gasteiger partial charge in [0, 0.05) is 12.0 Å². The average Bonchev–Trinajstić information content (AvgIpc) is 2.47. The number of methoxy groups -OCH3 is 1. The Labute approximate surface area is 105 Å².